The van der Waals surface area contributed by atoms with Gasteiger partial charge >= 0.3 is 12.1 Å². The van der Waals surface area contributed by atoms with Crippen molar-refractivity contribution in [3.8, 4) is 5.75 Å². The minimum atomic E-state index is -4.71. The highest BCUT2D eigenvalue weighted by Gasteiger charge is 2.34. The minimum absolute atomic E-state index is 0.0801. The molecule has 5 nitrogen and oxygen atoms in total. The number of anilines is 1. The lowest BCUT2D eigenvalue weighted by Gasteiger charge is -2.15. The van der Waals surface area contributed by atoms with Gasteiger partial charge in [0.15, 0.2) is 6.61 Å². The first kappa shape index (κ1) is 19.6. The van der Waals surface area contributed by atoms with Crippen LogP contribution in [-0.2, 0) is 15.7 Å². The van der Waals surface area contributed by atoms with E-state index >= 15 is 0 Å². The third-order valence-electron chi connectivity index (χ3n) is 3.24. The predicted molar refractivity (Wildman–Crippen MR) is 88.4 cm³/mol. The highest BCUT2D eigenvalue weighted by atomic mass is 35.5. The fraction of sp³-hybridized carbons (Fsp3) is 0.176. The third-order valence-corrected chi connectivity index (χ3v) is 3.56. The van der Waals surface area contributed by atoms with Crippen molar-refractivity contribution in [3.63, 3.8) is 0 Å². The average Bonchev–Trinajstić information content (AvgIpc) is 2.60. The standard InChI is InChI=1S/C17H13ClF3NO4/c1-25-13-8-3-2-5-10(13)16(24)26-9-14(23)22-15-11(17(19,20)21)6-4-7-12(15)18/h2-8H,9H2,1H3,(H,22,23). The molecule has 2 rings (SSSR count). The summed E-state index contributed by atoms with van der Waals surface area (Å²) in [5, 5.41) is 1.73. The van der Waals surface area contributed by atoms with Crippen LogP contribution in [0.1, 0.15) is 15.9 Å². The van der Waals surface area contributed by atoms with Crippen LogP contribution in [0, 0.1) is 0 Å². The number of halogens is 4. The van der Waals surface area contributed by atoms with Crippen molar-refractivity contribution < 1.29 is 32.2 Å². The Labute approximate surface area is 151 Å². The topological polar surface area (TPSA) is 64.6 Å². The number of carbonyl (C=O) groups excluding carboxylic acids is 2. The number of benzene rings is 2. The van der Waals surface area contributed by atoms with E-state index in [2.05, 4.69) is 0 Å². The first-order valence-corrected chi connectivity index (χ1v) is 7.57. The lowest BCUT2D eigenvalue weighted by atomic mass is 10.1. The van der Waals surface area contributed by atoms with Gasteiger partial charge in [-0.2, -0.15) is 13.2 Å². The normalized spacial score (nSPS) is 11.0. The van der Waals surface area contributed by atoms with E-state index < -0.39 is 35.9 Å². The van der Waals surface area contributed by atoms with E-state index in [9.17, 15) is 22.8 Å². The highest BCUT2D eigenvalue weighted by Crippen LogP contribution is 2.38. The fourth-order valence-electron chi connectivity index (χ4n) is 2.09. The summed E-state index contributed by atoms with van der Waals surface area (Å²) in [6.07, 6.45) is -4.71. The number of nitrogens with one attached hydrogen (secondary N) is 1. The van der Waals surface area contributed by atoms with Gasteiger partial charge in [-0.1, -0.05) is 29.8 Å². The molecular weight excluding hydrogens is 375 g/mol. The first-order chi connectivity index (χ1) is 12.2. The van der Waals surface area contributed by atoms with Gasteiger partial charge in [0, 0.05) is 0 Å². The smallest absolute Gasteiger partial charge is 0.418 e. The largest absolute Gasteiger partial charge is 0.496 e. The van der Waals surface area contributed by atoms with Crippen LogP contribution in [0.15, 0.2) is 42.5 Å². The number of hydrogen-bond acceptors (Lipinski definition) is 4. The summed E-state index contributed by atoms with van der Waals surface area (Å²) in [7, 11) is 1.36. The molecule has 0 aliphatic rings. The highest BCUT2D eigenvalue weighted by molar-refractivity contribution is 6.34. The predicted octanol–water partition coefficient (Wildman–Crippen LogP) is 4.16. The summed E-state index contributed by atoms with van der Waals surface area (Å²) in [5.74, 6) is -1.58. The Morgan fingerprint density at radius 2 is 1.81 bits per heavy atom. The molecule has 2 aromatic carbocycles. The summed E-state index contributed by atoms with van der Waals surface area (Å²) >= 11 is 5.74. The Hall–Kier alpha value is -2.74. The number of alkyl halides is 3. The number of esters is 1. The number of hydrogen-bond donors (Lipinski definition) is 1. The lowest BCUT2D eigenvalue weighted by molar-refractivity contribution is -0.137. The van der Waals surface area contributed by atoms with Gasteiger partial charge in [-0.15, -0.1) is 0 Å². The zero-order valence-corrected chi connectivity index (χ0v) is 14.1. The zero-order chi connectivity index (χ0) is 19.3. The molecule has 26 heavy (non-hydrogen) atoms. The van der Waals surface area contributed by atoms with Crippen molar-refractivity contribution in [2.24, 2.45) is 0 Å². The van der Waals surface area contributed by atoms with Crippen molar-refractivity contribution in [2.75, 3.05) is 19.0 Å². The number of para-hydroxylation sites is 2. The Kier molecular flexibility index (Phi) is 6.10. The molecule has 1 amide bonds. The van der Waals surface area contributed by atoms with E-state index in [1.54, 1.807) is 12.1 Å². The first-order valence-electron chi connectivity index (χ1n) is 7.19. The average molecular weight is 388 g/mol. The SMILES string of the molecule is COc1ccccc1C(=O)OCC(=O)Nc1c(Cl)cccc1C(F)(F)F. The second-order valence-electron chi connectivity index (χ2n) is 4.98. The van der Waals surface area contributed by atoms with E-state index in [-0.39, 0.29) is 16.3 Å². The van der Waals surface area contributed by atoms with Gasteiger partial charge in [-0.3, -0.25) is 4.79 Å². The summed E-state index contributed by atoms with van der Waals surface area (Å²) in [6, 6.07) is 9.25. The molecule has 0 radical (unpaired) electrons. The molecule has 0 heterocycles. The van der Waals surface area contributed by atoms with Gasteiger partial charge in [0.1, 0.15) is 11.3 Å². The number of methoxy groups -OCH3 is 1. The Balaban J connectivity index is 2.07. The van der Waals surface area contributed by atoms with Crippen molar-refractivity contribution in [3.05, 3.63) is 58.6 Å². The lowest BCUT2D eigenvalue weighted by Crippen LogP contribution is -2.23. The van der Waals surface area contributed by atoms with E-state index in [4.69, 9.17) is 21.1 Å². The minimum Gasteiger partial charge on any atom is -0.496 e. The maximum Gasteiger partial charge on any atom is 0.418 e. The zero-order valence-electron chi connectivity index (χ0n) is 13.4. The van der Waals surface area contributed by atoms with Gasteiger partial charge in [0.05, 0.1) is 23.4 Å². The van der Waals surface area contributed by atoms with Crippen molar-refractivity contribution in [1.82, 2.24) is 0 Å². The van der Waals surface area contributed by atoms with Crippen molar-refractivity contribution in [2.45, 2.75) is 6.18 Å². The van der Waals surface area contributed by atoms with E-state index in [0.29, 0.717) is 0 Å². The van der Waals surface area contributed by atoms with Crippen LogP contribution in [0.4, 0.5) is 18.9 Å². The van der Waals surface area contributed by atoms with Gasteiger partial charge in [0.25, 0.3) is 5.91 Å². The molecule has 0 fully saturated rings. The number of rotatable bonds is 5. The van der Waals surface area contributed by atoms with Gasteiger partial charge in [-0.25, -0.2) is 4.79 Å². The molecule has 0 atom stereocenters. The van der Waals surface area contributed by atoms with Gasteiger partial charge < -0.3 is 14.8 Å². The number of amides is 1. The fourth-order valence-corrected chi connectivity index (χ4v) is 2.31. The van der Waals surface area contributed by atoms with E-state index in [1.165, 1.54) is 25.3 Å². The molecule has 0 saturated carbocycles. The molecule has 138 valence electrons. The summed E-state index contributed by atoms with van der Waals surface area (Å²) < 4.78 is 48.8. The Morgan fingerprint density at radius 3 is 2.46 bits per heavy atom. The van der Waals surface area contributed by atoms with E-state index in [0.717, 1.165) is 12.1 Å². The maximum atomic E-state index is 13.0. The van der Waals surface area contributed by atoms with E-state index in [1.807, 2.05) is 5.32 Å². The van der Waals surface area contributed by atoms with Crippen LogP contribution in [0.25, 0.3) is 0 Å². The van der Waals surface area contributed by atoms with Crippen LogP contribution in [-0.4, -0.2) is 25.6 Å². The Bertz CT molecular complexity index is 824. The molecule has 0 saturated heterocycles. The molecule has 0 bridgehead atoms. The van der Waals surface area contributed by atoms with Crippen LogP contribution in [0.3, 0.4) is 0 Å². The Morgan fingerprint density at radius 1 is 1.12 bits per heavy atom. The molecule has 0 aliphatic carbocycles. The van der Waals surface area contributed by atoms with Crippen LogP contribution in [0.5, 0.6) is 5.75 Å². The van der Waals surface area contributed by atoms with Gasteiger partial charge in [0.2, 0.25) is 0 Å². The molecule has 1 N–H and O–H groups in total. The molecule has 0 spiro atoms. The summed E-state index contributed by atoms with van der Waals surface area (Å²) in [4.78, 5) is 23.9. The second kappa shape index (κ2) is 8.09. The number of carbonyl (C=O) groups is 2. The molecule has 0 unspecified atom stereocenters. The molecule has 0 aliphatic heterocycles. The maximum absolute atomic E-state index is 13.0. The molecular formula is C17H13ClF3NO4. The van der Waals surface area contributed by atoms with Crippen molar-refractivity contribution >= 4 is 29.2 Å². The molecule has 2 aromatic rings. The van der Waals surface area contributed by atoms with Crippen LogP contribution < -0.4 is 10.1 Å². The van der Waals surface area contributed by atoms with Gasteiger partial charge in [-0.05, 0) is 24.3 Å². The van der Waals surface area contributed by atoms with Crippen LogP contribution >= 0.6 is 11.6 Å². The molecule has 0 aromatic heterocycles. The monoisotopic (exact) mass is 387 g/mol. The second-order valence-corrected chi connectivity index (χ2v) is 5.39. The van der Waals surface area contributed by atoms with Crippen molar-refractivity contribution in [1.29, 1.82) is 0 Å². The summed E-state index contributed by atoms with van der Waals surface area (Å²) in [6.45, 7) is -0.792. The number of ether oxygens (including phenoxy) is 2. The summed E-state index contributed by atoms with van der Waals surface area (Å²) in [5.41, 5.74) is -1.62. The van der Waals surface area contributed by atoms with Crippen LogP contribution in [0.2, 0.25) is 5.02 Å². The molecule has 9 heteroatoms. The third kappa shape index (κ3) is 4.66. The quantitative estimate of drug-likeness (QED) is 0.782.